The maximum absolute atomic E-state index is 14.9. The minimum absolute atomic E-state index is 0.0581. The van der Waals surface area contributed by atoms with Crippen LogP contribution in [0.1, 0.15) is 83.1 Å². The van der Waals surface area contributed by atoms with Crippen LogP contribution in [0.15, 0.2) is 42.5 Å². The predicted octanol–water partition coefficient (Wildman–Crippen LogP) is 7.69. The van der Waals surface area contributed by atoms with Gasteiger partial charge in [-0.1, -0.05) is 91.3 Å². The first-order chi connectivity index (χ1) is 12.6. The summed E-state index contributed by atoms with van der Waals surface area (Å²) >= 11 is 0. The Morgan fingerprint density at radius 1 is 0.852 bits per heavy atom. The molecule has 2 atom stereocenters. The lowest BCUT2D eigenvalue weighted by atomic mass is 9.72. The van der Waals surface area contributed by atoms with E-state index in [4.69, 9.17) is 0 Å². The highest BCUT2D eigenvalue weighted by molar-refractivity contribution is 5.33. The molecule has 0 radical (unpaired) electrons. The van der Waals surface area contributed by atoms with E-state index in [-0.39, 0.29) is 11.2 Å². The lowest BCUT2D eigenvalue weighted by Gasteiger charge is -2.32. The van der Waals surface area contributed by atoms with Crippen molar-refractivity contribution in [1.29, 1.82) is 0 Å². The van der Waals surface area contributed by atoms with Crippen molar-refractivity contribution in [2.75, 3.05) is 0 Å². The third-order valence-electron chi connectivity index (χ3n) is 6.31. The highest BCUT2D eigenvalue weighted by Gasteiger charge is 2.29. The first-order valence-corrected chi connectivity index (χ1v) is 10.5. The molecule has 0 nitrogen and oxygen atoms in total. The van der Waals surface area contributed by atoms with E-state index in [0.29, 0.717) is 17.8 Å². The second-order valence-corrected chi connectivity index (χ2v) is 9.29. The predicted molar refractivity (Wildman–Crippen MR) is 116 cm³/mol. The Balaban J connectivity index is 2.12. The average molecular weight is 369 g/mol. The molecule has 148 valence electrons. The van der Waals surface area contributed by atoms with Crippen LogP contribution in [-0.2, 0) is 18.3 Å². The molecular weight excluding hydrogens is 331 g/mol. The van der Waals surface area contributed by atoms with Crippen LogP contribution in [0, 0.1) is 17.7 Å². The van der Waals surface area contributed by atoms with Gasteiger partial charge < -0.3 is 0 Å². The fourth-order valence-electron chi connectivity index (χ4n) is 3.91. The molecule has 1 heteroatoms. The standard InChI is InChI=1S/C26H37F/c1-8-20(5)26(6,7)24-14-11-22(17-25(24)27)16-19(4)23-12-9-21(10-13-23)15-18(2)3/h9-14,17-20H,8,15-16H2,1-7H3/t19-,20?/m0/s1. The van der Waals surface area contributed by atoms with Gasteiger partial charge in [-0.15, -0.1) is 0 Å². The van der Waals surface area contributed by atoms with Gasteiger partial charge in [0.15, 0.2) is 0 Å². The highest BCUT2D eigenvalue weighted by atomic mass is 19.1. The molecule has 1 unspecified atom stereocenters. The third-order valence-corrected chi connectivity index (χ3v) is 6.31. The Kier molecular flexibility index (Phi) is 7.25. The molecule has 0 bridgehead atoms. The lowest BCUT2D eigenvalue weighted by molar-refractivity contribution is 0.323. The summed E-state index contributed by atoms with van der Waals surface area (Å²) in [6.07, 6.45) is 3.04. The van der Waals surface area contributed by atoms with Crippen molar-refractivity contribution in [2.24, 2.45) is 11.8 Å². The molecule has 27 heavy (non-hydrogen) atoms. The van der Waals surface area contributed by atoms with Crippen molar-refractivity contribution in [3.8, 4) is 0 Å². The van der Waals surface area contributed by atoms with Gasteiger partial charge >= 0.3 is 0 Å². The summed E-state index contributed by atoms with van der Waals surface area (Å²) < 4.78 is 14.9. The number of rotatable bonds is 8. The summed E-state index contributed by atoms with van der Waals surface area (Å²) in [5.41, 5.74) is 4.49. The fourth-order valence-corrected chi connectivity index (χ4v) is 3.91. The van der Waals surface area contributed by atoms with Crippen LogP contribution in [0.4, 0.5) is 4.39 Å². The van der Waals surface area contributed by atoms with Crippen LogP contribution in [0.2, 0.25) is 0 Å². The van der Waals surface area contributed by atoms with Gasteiger partial charge in [-0.2, -0.15) is 0 Å². The molecule has 2 rings (SSSR count). The average Bonchev–Trinajstić information content (AvgIpc) is 2.60. The van der Waals surface area contributed by atoms with Crippen LogP contribution in [0.3, 0.4) is 0 Å². The molecule has 0 aliphatic rings. The van der Waals surface area contributed by atoms with Gasteiger partial charge in [0, 0.05) is 0 Å². The van der Waals surface area contributed by atoms with Gasteiger partial charge in [-0.05, 0) is 64.3 Å². The number of hydrogen-bond donors (Lipinski definition) is 0. The van der Waals surface area contributed by atoms with Gasteiger partial charge in [0.05, 0.1) is 0 Å². The summed E-state index contributed by atoms with van der Waals surface area (Å²) in [5.74, 6) is 1.44. The van der Waals surface area contributed by atoms with Gasteiger partial charge in [0.1, 0.15) is 5.82 Å². The van der Waals surface area contributed by atoms with Crippen LogP contribution in [0.5, 0.6) is 0 Å². The number of halogens is 1. The Morgan fingerprint density at radius 2 is 1.44 bits per heavy atom. The van der Waals surface area contributed by atoms with Crippen molar-refractivity contribution in [1.82, 2.24) is 0 Å². The first-order valence-electron chi connectivity index (χ1n) is 10.5. The zero-order chi connectivity index (χ0) is 20.2. The summed E-state index contributed by atoms with van der Waals surface area (Å²) in [4.78, 5) is 0. The molecule has 0 saturated heterocycles. The smallest absolute Gasteiger partial charge is 0.127 e. The zero-order valence-corrected chi connectivity index (χ0v) is 18.3. The van der Waals surface area contributed by atoms with Crippen molar-refractivity contribution in [2.45, 2.75) is 79.1 Å². The van der Waals surface area contributed by atoms with E-state index >= 15 is 0 Å². The van der Waals surface area contributed by atoms with Crippen LogP contribution < -0.4 is 0 Å². The van der Waals surface area contributed by atoms with Gasteiger partial charge in [0.25, 0.3) is 0 Å². The molecule has 0 aliphatic heterocycles. The molecule has 0 heterocycles. The van der Waals surface area contributed by atoms with E-state index in [2.05, 4.69) is 78.8 Å². The topological polar surface area (TPSA) is 0 Å². The van der Waals surface area contributed by atoms with Crippen molar-refractivity contribution in [3.63, 3.8) is 0 Å². The van der Waals surface area contributed by atoms with Crippen molar-refractivity contribution in [3.05, 3.63) is 70.5 Å². The zero-order valence-electron chi connectivity index (χ0n) is 18.3. The minimum Gasteiger partial charge on any atom is -0.207 e. The molecule has 2 aromatic rings. The molecule has 0 fully saturated rings. The Labute approximate surface area is 166 Å². The molecule has 0 N–H and O–H groups in total. The summed E-state index contributed by atoms with van der Waals surface area (Å²) in [7, 11) is 0. The molecule has 0 aliphatic carbocycles. The maximum atomic E-state index is 14.9. The quantitative estimate of drug-likeness (QED) is 0.448. The highest BCUT2D eigenvalue weighted by Crippen LogP contribution is 2.35. The van der Waals surface area contributed by atoms with Gasteiger partial charge in [-0.25, -0.2) is 4.39 Å². The van der Waals surface area contributed by atoms with E-state index in [0.717, 1.165) is 30.4 Å². The van der Waals surface area contributed by atoms with E-state index in [9.17, 15) is 4.39 Å². The van der Waals surface area contributed by atoms with E-state index in [1.54, 1.807) is 6.07 Å². The SMILES string of the molecule is CCC(C)C(C)(C)c1ccc(C[C@H](C)c2ccc(CC(C)C)cc2)cc1F. The fraction of sp³-hybridized carbons (Fsp3) is 0.538. The molecule has 0 spiro atoms. The largest absolute Gasteiger partial charge is 0.207 e. The minimum atomic E-state index is -0.144. The second-order valence-electron chi connectivity index (χ2n) is 9.29. The Morgan fingerprint density at radius 3 is 1.96 bits per heavy atom. The molecule has 0 aromatic heterocycles. The molecular formula is C26H37F. The number of benzene rings is 2. The second kappa shape index (κ2) is 9.04. The molecule has 0 saturated carbocycles. The van der Waals surface area contributed by atoms with E-state index in [1.807, 2.05) is 6.07 Å². The van der Waals surface area contributed by atoms with Crippen molar-refractivity contribution >= 4 is 0 Å². The third kappa shape index (κ3) is 5.43. The molecule has 2 aromatic carbocycles. The van der Waals surface area contributed by atoms with E-state index < -0.39 is 0 Å². The Hall–Kier alpha value is -1.63. The summed E-state index contributed by atoms with van der Waals surface area (Å²) in [6.45, 7) is 15.4. The first kappa shape index (κ1) is 21.7. The molecule has 0 amide bonds. The number of hydrogen-bond acceptors (Lipinski definition) is 0. The normalized spacial score (nSPS) is 14.4. The van der Waals surface area contributed by atoms with Gasteiger partial charge in [0.2, 0.25) is 0 Å². The summed E-state index contributed by atoms with van der Waals surface area (Å²) in [5, 5.41) is 0. The van der Waals surface area contributed by atoms with Crippen LogP contribution >= 0.6 is 0 Å². The van der Waals surface area contributed by atoms with Crippen LogP contribution in [-0.4, -0.2) is 0 Å². The maximum Gasteiger partial charge on any atom is 0.127 e. The van der Waals surface area contributed by atoms with Gasteiger partial charge in [-0.3, -0.25) is 0 Å². The monoisotopic (exact) mass is 368 g/mol. The Bertz CT molecular complexity index is 724. The van der Waals surface area contributed by atoms with E-state index in [1.165, 1.54) is 11.1 Å². The van der Waals surface area contributed by atoms with Crippen molar-refractivity contribution < 1.29 is 4.39 Å². The van der Waals surface area contributed by atoms with Crippen LogP contribution in [0.25, 0.3) is 0 Å². The lowest BCUT2D eigenvalue weighted by Crippen LogP contribution is -2.27. The summed E-state index contributed by atoms with van der Waals surface area (Å²) in [6, 6.07) is 14.8.